The predicted octanol–water partition coefficient (Wildman–Crippen LogP) is 5.98. The molecule has 0 aliphatic heterocycles. The van der Waals surface area contributed by atoms with E-state index in [1.54, 1.807) is 13.3 Å². The van der Waals surface area contributed by atoms with Gasteiger partial charge in [-0.05, 0) is 70.1 Å². The van der Waals surface area contributed by atoms with Gasteiger partial charge in [0.2, 0.25) is 0 Å². The molecule has 0 aliphatic carbocycles. The zero-order chi connectivity index (χ0) is 19.1. The van der Waals surface area contributed by atoms with Crippen LogP contribution >= 0.6 is 34.2 Å². The molecule has 27 heavy (non-hydrogen) atoms. The molecule has 0 fully saturated rings. The Morgan fingerprint density at radius 2 is 1.81 bits per heavy atom. The Morgan fingerprint density at radius 1 is 1.07 bits per heavy atom. The predicted molar refractivity (Wildman–Crippen MR) is 119 cm³/mol. The van der Waals surface area contributed by atoms with Gasteiger partial charge in [-0.15, -0.1) is 0 Å². The standard InChI is InChI=1S/C21H18ClIN2O2/c1-26-20-12-16(13-24-25-18-5-3-2-4-6-18)11-19(23)21(20)27-14-15-7-9-17(22)10-8-15/h2-13,25H,14H2,1H3/b24-13-. The summed E-state index contributed by atoms with van der Waals surface area (Å²) in [6.07, 6.45) is 1.75. The molecule has 0 saturated heterocycles. The lowest BCUT2D eigenvalue weighted by Crippen LogP contribution is -2.01. The number of benzene rings is 3. The molecule has 1 N–H and O–H groups in total. The molecule has 0 aliphatic rings. The Labute approximate surface area is 177 Å². The molecular weight excluding hydrogens is 475 g/mol. The van der Waals surface area contributed by atoms with E-state index in [1.165, 1.54) is 0 Å². The van der Waals surface area contributed by atoms with Gasteiger partial charge in [-0.25, -0.2) is 0 Å². The van der Waals surface area contributed by atoms with Crippen molar-refractivity contribution in [3.63, 3.8) is 0 Å². The topological polar surface area (TPSA) is 42.8 Å². The maximum atomic E-state index is 5.98. The first kappa shape index (κ1) is 19.5. The summed E-state index contributed by atoms with van der Waals surface area (Å²) in [5.41, 5.74) is 5.88. The van der Waals surface area contributed by atoms with Crippen LogP contribution in [-0.2, 0) is 6.61 Å². The summed E-state index contributed by atoms with van der Waals surface area (Å²) in [6.45, 7) is 0.437. The number of nitrogens with zero attached hydrogens (tertiary/aromatic N) is 1. The summed E-state index contributed by atoms with van der Waals surface area (Å²) in [7, 11) is 1.63. The van der Waals surface area contributed by atoms with E-state index in [-0.39, 0.29) is 0 Å². The van der Waals surface area contributed by atoms with Gasteiger partial charge in [0.15, 0.2) is 11.5 Å². The average Bonchev–Trinajstić information content (AvgIpc) is 2.69. The number of rotatable bonds is 7. The number of hydrogen-bond acceptors (Lipinski definition) is 4. The molecule has 0 spiro atoms. The highest BCUT2D eigenvalue weighted by atomic mass is 127. The highest BCUT2D eigenvalue weighted by molar-refractivity contribution is 14.1. The second-order valence-electron chi connectivity index (χ2n) is 5.69. The number of para-hydroxylation sites is 1. The van der Waals surface area contributed by atoms with E-state index in [0.717, 1.165) is 20.4 Å². The van der Waals surface area contributed by atoms with Crippen LogP contribution in [0.25, 0.3) is 0 Å². The van der Waals surface area contributed by atoms with Crippen LogP contribution in [0.2, 0.25) is 5.02 Å². The van der Waals surface area contributed by atoms with Crippen LogP contribution in [0.4, 0.5) is 5.69 Å². The molecule has 138 valence electrons. The van der Waals surface area contributed by atoms with Crippen LogP contribution in [-0.4, -0.2) is 13.3 Å². The molecule has 4 nitrogen and oxygen atoms in total. The lowest BCUT2D eigenvalue weighted by atomic mass is 10.2. The van der Waals surface area contributed by atoms with Crippen molar-refractivity contribution in [2.24, 2.45) is 5.10 Å². The minimum absolute atomic E-state index is 0.437. The van der Waals surface area contributed by atoms with Crippen LogP contribution in [0.15, 0.2) is 71.8 Å². The summed E-state index contributed by atoms with van der Waals surface area (Å²) in [5, 5.41) is 4.98. The fraction of sp³-hybridized carbons (Fsp3) is 0.0952. The summed E-state index contributed by atoms with van der Waals surface area (Å²) >= 11 is 8.16. The number of methoxy groups -OCH3 is 1. The van der Waals surface area contributed by atoms with Crippen molar-refractivity contribution in [2.45, 2.75) is 6.61 Å². The molecule has 0 bridgehead atoms. The van der Waals surface area contributed by atoms with E-state index >= 15 is 0 Å². The van der Waals surface area contributed by atoms with Crippen LogP contribution in [0, 0.1) is 3.57 Å². The zero-order valence-electron chi connectivity index (χ0n) is 14.7. The molecule has 0 amide bonds. The number of hydrogen-bond donors (Lipinski definition) is 1. The average molecular weight is 493 g/mol. The molecule has 0 radical (unpaired) electrons. The van der Waals surface area contributed by atoms with Crippen molar-refractivity contribution >= 4 is 46.1 Å². The SMILES string of the molecule is COc1cc(/C=N\Nc2ccccc2)cc(I)c1OCc1ccc(Cl)cc1. The van der Waals surface area contributed by atoms with Crippen LogP contribution in [0.3, 0.4) is 0 Å². The van der Waals surface area contributed by atoms with Gasteiger partial charge in [-0.1, -0.05) is 41.9 Å². The Morgan fingerprint density at radius 3 is 2.52 bits per heavy atom. The summed E-state index contributed by atoms with van der Waals surface area (Å²) in [4.78, 5) is 0. The summed E-state index contributed by atoms with van der Waals surface area (Å²) < 4.78 is 12.4. The third-order valence-corrected chi connectivity index (χ3v) is 4.78. The van der Waals surface area contributed by atoms with Gasteiger partial charge < -0.3 is 9.47 Å². The maximum Gasteiger partial charge on any atom is 0.174 e. The fourth-order valence-corrected chi connectivity index (χ4v) is 3.29. The van der Waals surface area contributed by atoms with Crippen molar-refractivity contribution < 1.29 is 9.47 Å². The maximum absolute atomic E-state index is 5.98. The minimum Gasteiger partial charge on any atom is -0.493 e. The van der Waals surface area contributed by atoms with Crippen molar-refractivity contribution in [1.82, 2.24) is 0 Å². The Hall–Kier alpha value is -2.25. The van der Waals surface area contributed by atoms with Crippen LogP contribution < -0.4 is 14.9 Å². The number of anilines is 1. The lowest BCUT2D eigenvalue weighted by molar-refractivity contribution is 0.282. The lowest BCUT2D eigenvalue weighted by Gasteiger charge is -2.13. The summed E-state index contributed by atoms with van der Waals surface area (Å²) in [6, 6.07) is 21.3. The van der Waals surface area contributed by atoms with Crippen molar-refractivity contribution in [3.05, 3.63) is 86.4 Å². The molecule has 3 rings (SSSR count). The van der Waals surface area contributed by atoms with Gasteiger partial charge in [-0.2, -0.15) is 5.10 Å². The summed E-state index contributed by atoms with van der Waals surface area (Å²) in [5.74, 6) is 1.37. The first-order valence-electron chi connectivity index (χ1n) is 8.24. The highest BCUT2D eigenvalue weighted by Crippen LogP contribution is 2.34. The van der Waals surface area contributed by atoms with Gasteiger partial charge in [-0.3, -0.25) is 5.43 Å². The second-order valence-corrected chi connectivity index (χ2v) is 7.28. The fourth-order valence-electron chi connectivity index (χ4n) is 2.38. The van der Waals surface area contributed by atoms with E-state index in [9.17, 15) is 0 Å². The van der Waals surface area contributed by atoms with Gasteiger partial charge in [0.05, 0.1) is 22.6 Å². The number of ether oxygens (including phenoxy) is 2. The van der Waals surface area contributed by atoms with Crippen molar-refractivity contribution in [3.8, 4) is 11.5 Å². The first-order valence-corrected chi connectivity index (χ1v) is 9.70. The molecule has 0 heterocycles. The van der Waals surface area contributed by atoms with Crippen LogP contribution in [0.1, 0.15) is 11.1 Å². The Bertz CT molecular complexity index is 915. The number of hydrazone groups is 1. The monoisotopic (exact) mass is 492 g/mol. The number of nitrogens with one attached hydrogen (secondary N) is 1. The highest BCUT2D eigenvalue weighted by Gasteiger charge is 2.11. The Balaban J connectivity index is 1.71. The van der Waals surface area contributed by atoms with Gasteiger partial charge in [0.1, 0.15) is 6.61 Å². The minimum atomic E-state index is 0.437. The van der Waals surface area contributed by atoms with Gasteiger partial charge in [0.25, 0.3) is 0 Å². The van der Waals surface area contributed by atoms with Crippen molar-refractivity contribution in [1.29, 1.82) is 0 Å². The Kier molecular flexibility index (Phi) is 6.95. The molecule has 3 aromatic rings. The van der Waals surface area contributed by atoms with E-state index in [2.05, 4.69) is 33.1 Å². The first-order chi connectivity index (χ1) is 13.2. The van der Waals surface area contributed by atoms with E-state index in [4.69, 9.17) is 21.1 Å². The molecule has 0 unspecified atom stereocenters. The molecule has 0 saturated carbocycles. The van der Waals surface area contributed by atoms with Crippen LogP contribution in [0.5, 0.6) is 11.5 Å². The largest absolute Gasteiger partial charge is 0.493 e. The third kappa shape index (κ3) is 5.61. The molecule has 6 heteroatoms. The van der Waals surface area contributed by atoms with E-state index in [0.29, 0.717) is 23.1 Å². The molecule has 3 aromatic carbocycles. The second kappa shape index (κ2) is 9.62. The number of halogens is 2. The molecule has 0 aromatic heterocycles. The smallest absolute Gasteiger partial charge is 0.174 e. The van der Waals surface area contributed by atoms with Gasteiger partial charge >= 0.3 is 0 Å². The van der Waals surface area contributed by atoms with Crippen molar-refractivity contribution in [2.75, 3.05) is 12.5 Å². The van der Waals surface area contributed by atoms with E-state index in [1.807, 2.05) is 66.7 Å². The van der Waals surface area contributed by atoms with E-state index < -0.39 is 0 Å². The third-order valence-electron chi connectivity index (χ3n) is 3.73. The van der Waals surface area contributed by atoms with Gasteiger partial charge in [0, 0.05) is 5.02 Å². The normalized spacial score (nSPS) is 10.8. The molecule has 0 atom stereocenters. The molecular formula is C21H18ClIN2O2. The zero-order valence-corrected chi connectivity index (χ0v) is 17.6. The quantitative estimate of drug-likeness (QED) is 0.251.